The lowest BCUT2D eigenvalue weighted by atomic mass is 10.1. The van der Waals surface area contributed by atoms with Crippen molar-refractivity contribution in [2.45, 2.75) is 23.1 Å². The van der Waals surface area contributed by atoms with Gasteiger partial charge >= 0.3 is 0 Å². The molecule has 0 saturated carbocycles. The van der Waals surface area contributed by atoms with E-state index in [0.29, 0.717) is 10.9 Å². The van der Waals surface area contributed by atoms with E-state index >= 15 is 0 Å². The molecule has 1 aromatic carbocycles. The van der Waals surface area contributed by atoms with Gasteiger partial charge in [-0.2, -0.15) is 0 Å². The topological polar surface area (TPSA) is 52.7 Å². The summed E-state index contributed by atoms with van der Waals surface area (Å²) in [4.78, 5) is 4.41. The molecule has 8 heteroatoms. The van der Waals surface area contributed by atoms with Crippen molar-refractivity contribution in [2.75, 3.05) is 38.6 Å². The van der Waals surface area contributed by atoms with Gasteiger partial charge in [0, 0.05) is 32.4 Å². The predicted molar refractivity (Wildman–Crippen MR) is 109 cm³/mol. The van der Waals surface area contributed by atoms with Gasteiger partial charge in [-0.05, 0) is 55.8 Å². The molecule has 1 saturated heterocycles. The predicted octanol–water partition coefficient (Wildman–Crippen LogP) is 3.58. The van der Waals surface area contributed by atoms with E-state index in [1.165, 1.54) is 0 Å². The maximum Gasteiger partial charge on any atom is 0.250 e. The van der Waals surface area contributed by atoms with Gasteiger partial charge in [-0.15, -0.1) is 11.3 Å². The molecule has 5 nitrogen and oxygen atoms in total. The molecule has 0 spiro atoms. The molecule has 1 atom stereocenters. The van der Waals surface area contributed by atoms with Gasteiger partial charge in [0.15, 0.2) is 0 Å². The minimum Gasteiger partial charge on any atom is -0.378 e. The molecule has 1 N–H and O–H groups in total. The normalized spacial score (nSPS) is 16.7. The summed E-state index contributed by atoms with van der Waals surface area (Å²) in [5.74, 6) is 0. The van der Waals surface area contributed by atoms with Crippen LogP contribution in [0.5, 0.6) is 0 Å². The number of sulfonamides is 1. The van der Waals surface area contributed by atoms with Crippen LogP contribution in [0.1, 0.15) is 24.4 Å². The molecule has 2 aromatic rings. The number of benzene rings is 1. The number of rotatable bonds is 7. The van der Waals surface area contributed by atoms with Crippen LogP contribution in [0.15, 0.2) is 40.6 Å². The summed E-state index contributed by atoms with van der Waals surface area (Å²) >= 11 is 6.96. The molecule has 1 aliphatic rings. The Morgan fingerprint density at radius 2 is 1.81 bits per heavy atom. The SMILES string of the molecule is CN(C)c1ccc([C@H](CNS(=O)(=O)c2ccc(Cl)s2)N2CCCC2)cc1. The fourth-order valence-corrected chi connectivity index (χ4v) is 5.77. The van der Waals surface area contributed by atoms with Gasteiger partial charge in [0.25, 0.3) is 0 Å². The molecular weight excluding hydrogens is 390 g/mol. The van der Waals surface area contributed by atoms with E-state index in [0.717, 1.165) is 48.5 Å². The highest BCUT2D eigenvalue weighted by Gasteiger charge is 2.26. The van der Waals surface area contributed by atoms with E-state index < -0.39 is 10.0 Å². The largest absolute Gasteiger partial charge is 0.378 e. The fraction of sp³-hybridized carbons (Fsp3) is 0.444. The maximum absolute atomic E-state index is 12.6. The van der Waals surface area contributed by atoms with E-state index in [9.17, 15) is 8.42 Å². The zero-order valence-corrected chi connectivity index (χ0v) is 17.4. The minimum atomic E-state index is -3.54. The van der Waals surface area contributed by atoms with Gasteiger partial charge in [-0.25, -0.2) is 13.1 Å². The Hall–Kier alpha value is -1.12. The second-order valence-corrected chi connectivity index (χ2v) is 10.4. The third kappa shape index (κ3) is 4.58. The fourth-order valence-electron chi connectivity index (χ4n) is 3.21. The quantitative estimate of drug-likeness (QED) is 0.753. The van der Waals surface area contributed by atoms with Crippen molar-refractivity contribution in [2.24, 2.45) is 0 Å². The van der Waals surface area contributed by atoms with Crippen molar-refractivity contribution in [3.05, 3.63) is 46.3 Å². The number of likely N-dealkylation sites (tertiary alicyclic amines) is 1. The van der Waals surface area contributed by atoms with Crippen LogP contribution in [0.2, 0.25) is 4.34 Å². The summed E-state index contributed by atoms with van der Waals surface area (Å²) in [7, 11) is 0.470. The maximum atomic E-state index is 12.6. The monoisotopic (exact) mass is 413 g/mol. The highest BCUT2D eigenvalue weighted by molar-refractivity contribution is 7.91. The zero-order chi connectivity index (χ0) is 18.7. The number of nitrogens with zero attached hydrogens (tertiary/aromatic N) is 2. The molecule has 26 heavy (non-hydrogen) atoms. The van der Waals surface area contributed by atoms with E-state index in [-0.39, 0.29) is 10.3 Å². The van der Waals surface area contributed by atoms with Gasteiger partial charge in [-0.1, -0.05) is 23.7 Å². The van der Waals surface area contributed by atoms with Crippen molar-refractivity contribution >= 4 is 38.6 Å². The Morgan fingerprint density at radius 1 is 1.15 bits per heavy atom. The molecule has 142 valence electrons. The van der Waals surface area contributed by atoms with Crippen molar-refractivity contribution in [3.63, 3.8) is 0 Å². The molecule has 0 bridgehead atoms. The van der Waals surface area contributed by atoms with Crippen LogP contribution in [0.3, 0.4) is 0 Å². The first-order valence-corrected chi connectivity index (χ1v) is 11.3. The van der Waals surface area contributed by atoms with Crippen LogP contribution in [-0.4, -0.2) is 47.0 Å². The summed E-state index contributed by atoms with van der Waals surface area (Å²) in [6.45, 7) is 2.33. The second-order valence-electron chi connectivity index (χ2n) is 6.66. The Balaban J connectivity index is 1.78. The first-order chi connectivity index (χ1) is 12.4. The van der Waals surface area contributed by atoms with Gasteiger partial charge in [0.05, 0.1) is 4.34 Å². The number of hydrogen-bond acceptors (Lipinski definition) is 5. The average molecular weight is 414 g/mol. The van der Waals surface area contributed by atoms with Crippen molar-refractivity contribution in [1.29, 1.82) is 0 Å². The van der Waals surface area contributed by atoms with E-state index in [2.05, 4.69) is 38.8 Å². The number of anilines is 1. The zero-order valence-electron chi connectivity index (χ0n) is 15.0. The molecule has 1 aliphatic heterocycles. The third-order valence-electron chi connectivity index (χ3n) is 4.66. The molecule has 1 fully saturated rings. The smallest absolute Gasteiger partial charge is 0.250 e. The van der Waals surface area contributed by atoms with Crippen LogP contribution in [0.4, 0.5) is 5.69 Å². The van der Waals surface area contributed by atoms with Crippen LogP contribution in [-0.2, 0) is 10.0 Å². The van der Waals surface area contributed by atoms with E-state index in [4.69, 9.17) is 11.6 Å². The molecule has 1 aromatic heterocycles. The van der Waals surface area contributed by atoms with Gasteiger partial charge < -0.3 is 4.90 Å². The molecule has 0 aliphatic carbocycles. The summed E-state index contributed by atoms with van der Waals surface area (Å²) < 4.78 is 28.6. The highest BCUT2D eigenvalue weighted by atomic mass is 35.5. The first kappa shape index (κ1) is 19.6. The Bertz CT molecular complexity index is 828. The number of halogens is 1. The van der Waals surface area contributed by atoms with Gasteiger partial charge in [0.1, 0.15) is 4.21 Å². The van der Waals surface area contributed by atoms with Crippen molar-refractivity contribution in [1.82, 2.24) is 9.62 Å². The van der Waals surface area contributed by atoms with Crippen molar-refractivity contribution in [3.8, 4) is 0 Å². The standard InChI is InChI=1S/C18H24ClN3O2S2/c1-21(2)15-7-5-14(6-8-15)16(22-11-3-4-12-22)13-20-26(23,24)18-10-9-17(19)25-18/h5-10,16,20H,3-4,11-13H2,1-2H3/t16-/m0/s1. The minimum absolute atomic E-state index is 0.0268. The second kappa shape index (κ2) is 8.27. The van der Waals surface area contributed by atoms with Crippen LogP contribution >= 0.6 is 22.9 Å². The Morgan fingerprint density at radius 3 is 2.35 bits per heavy atom. The van der Waals surface area contributed by atoms with Crippen LogP contribution in [0, 0.1) is 0 Å². The Labute approximate surface area is 164 Å². The lowest BCUT2D eigenvalue weighted by molar-refractivity contribution is 0.246. The van der Waals surface area contributed by atoms with Gasteiger partial charge in [0.2, 0.25) is 10.0 Å². The van der Waals surface area contributed by atoms with Gasteiger partial charge in [-0.3, -0.25) is 4.90 Å². The summed E-state index contributed by atoms with van der Waals surface area (Å²) in [5, 5.41) is 0. The summed E-state index contributed by atoms with van der Waals surface area (Å²) in [6, 6.07) is 11.5. The number of hydrogen-bond donors (Lipinski definition) is 1. The molecule has 0 radical (unpaired) electrons. The summed E-state index contributed by atoms with van der Waals surface area (Å²) in [6.07, 6.45) is 2.30. The van der Waals surface area contributed by atoms with E-state index in [1.54, 1.807) is 12.1 Å². The number of nitrogens with one attached hydrogen (secondary N) is 1. The summed E-state index contributed by atoms with van der Waals surface area (Å²) in [5.41, 5.74) is 2.26. The lowest BCUT2D eigenvalue weighted by Crippen LogP contribution is -2.36. The molecule has 3 rings (SSSR count). The third-order valence-corrected chi connectivity index (χ3v) is 7.80. The number of thiophene rings is 1. The highest BCUT2D eigenvalue weighted by Crippen LogP contribution is 2.28. The molecular formula is C18H24ClN3O2S2. The molecule has 2 heterocycles. The molecule has 0 unspecified atom stereocenters. The van der Waals surface area contributed by atoms with Crippen molar-refractivity contribution < 1.29 is 8.42 Å². The Kier molecular flexibility index (Phi) is 6.25. The van der Waals surface area contributed by atoms with Crippen LogP contribution in [0.25, 0.3) is 0 Å². The first-order valence-electron chi connectivity index (χ1n) is 8.63. The van der Waals surface area contributed by atoms with E-state index in [1.807, 2.05) is 14.1 Å². The van der Waals surface area contributed by atoms with Crippen LogP contribution < -0.4 is 9.62 Å². The average Bonchev–Trinajstić information content (AvgIpc) is 3.27. The lowest BCUT2D eigenvalue weighted by Gasteiger charge is -2.28. The molecule has 0 amide bonds.